The third-order valence-corrected chi connectivity index (χ3v) is 5.52. The first kappa shape index (κ1) is 22.0. The van der Waals surface area contributed by atoms with Crippen molar-refractivity contribution < 1.29 is 28.4 Å². The van der Waals surface area contributed by atoms with Gasteiger partial charge in [0, 0.05) is 18.9 Å². The lowest BCUT2D eigenvalue weighted by atomic mass is 9.62. The Morgan fingerprint density at radius 1 is 1.15 bits per heavy atom. The van der Waals surface area contributed by atoms with Gasteiger partial charge in [-0.15, -0.1) is 0 Å². The number of amides is 1. The summed E-state index contributed by atoms with van der Waals surface area (Å²) in [6.45, 7) is 16.3. The number of nitrogens with zero attached hydrogens (tertiary/aromatic N) is 1. The largest absolute Gasteiger partial charge is 0.466 e. The second-order valence-corrected chi connectivity index (χ2v) is 9.36. The minimum Gasteiger partial charge on any atom is -0.466 e. The maximum Gasteiger partial charge on any atom is 0.463 e. The molecule has 2 saturated heterocycles. The van der Waals surface area contributed by atoms with Crippen LogP contribution in [0.3, 0.4) is 0 Å². The number of hydrogen-bond acceptors (Lipinski definition) is 6. The summed E-state index contributed by atoms with van der Waals surface area (Å²) < 4.78 is 23.1. The third-order valence-electron chi connectivity index (χ3n) is 5.52. The molecule has 2 aliphatic rings. The topological polar surface area (TPSA) is 74.3 Å². The molecule has 0 N–H and O–H groups in total. The Balaban J connectivity index is 2.21. The number of esters is 1. The molecule has 0 aromatic heterocycles. The van der Waals surface area contributed by atoms with Crippen LogP contribution >= 0.6 is 0 Å². The Hall–Kier alpha value is -1.28. The van der Waals surface area contributed by atoms with Crippen molar-refractivity contribution in [2.24, 2.45) is 5.92 Å². The lowest BCUT2D eigenvalue weighted by molar-refractivity contribution is -0.149. The molecule has 2 fully saturated rings. The molecule has 0 bridgehead atoms. The van der Waals surface area contributed by atoms with Crippen LogP contribution in [-0.4, -0.2) is 60.6 Å². The van der Waals surface area contributed by atoms with Crippen LogP contribution in [0.1, 0.15) is 61.8 Å². The standard InChI is InChI=1S/C19H34BNO6/c1-9-24-15(22)13-10-11-21(16(23)25-17(2,3)4)12-14(13)20-26-18(5,6)19(7,8)27-20/h13-14H,9-12H2,1-8H3. The Kier molecular flexibility index (Phi) is 6.22. The molecular weight excluding hydrogens is 349 g/mol. The first-order valence-electron chi connectivity index (χ1n) is 9.77. The minimum absolute atomic E-state index is 0.263. The van der Waals surface area contributed by atoms with Crippen molar-refractivity contribution in [3.63, 3.8) is 0 Å². The number of hydrogen-bond donors (Lipinski definition) is 0. The molecule has 2 rings (SSSR count). The molecule has 27 heavy (non-hydrogen) atoms. The van der Waals surface area contributed by atoms with Gasteiger partial charge < -0.3 is 23.7 Å². The third kappa shape index (κ3) is 4.96. The van der Waals surface area contributed by atoms with E-state index in [1.807, 2.05) is 48.5 Å². The van der Waals surface area contributed by atoms with E-state index in [9.17, 15) is 9.59 Å². The summed E-state index contributed by atoms with van der Waals surface area (Å²) in [7, 11) is -0.588. The van der Waals surface area contributed by atoms with Crippen molar-refractivity contribution in [2.75, 3.05) is 19.7 Å². The SMILES string of the molecule is CCOC(=O)C1CCN(C(=O)OC(C)(C)C)CC1B1OC(C)(C)C(C)(C)O1. The zero-order valence-corrected chi connectivity index (χ0v) is 18.0. The van der Waals surface area contributed by atoms with Crippen LogP contribution in [0.4, 0.5) is 4.79 Å². The van der Waals surface area contributed by atoms with E-state index in [4.69, 9.17) is 18.8 Å². The van der Waals surface area contributed by atoms with Crippen molar-refractivity contribution in [3.05, 3.63) is 0 Å². The molecule has 0 aliphatic carbocycles. The number of carbonyl (C=O) groups is 2. The molecule has 0 radical (unpaired) electrons. The number of ether oxygens (including phenoxy) is 2. The van der Waals surface area contributed by atoms with E-state index < -0.39 is 23.9 Å². The summed E-state index contributed by atoms with van der Waals surface area (Å²) in [5.74, 6) is -0.953. The van der Waals surface area contributed by atoms with Gasteiger partial charge >= 0.3 is 19.2 Å². The quantitative estimate of drug-likeness (QED) is 0.550. The number of rotatable bonds is 3. The second kappa shape index (κ2) is 7.62. The lowest BCUT2D eigenvalue weighted by Gasteiger charge is -2.38. The fourth-order valence-electron chi connectivity index (χ4n) is 3.36. The summed E-state index contributed by atoms with van der Waals surface area (Å²) in [6, 6.07) is 0. The monoisotopic (exact) mass is 383 g/mol. The van der Waals surface area contributed by atoms with E-state index in [1.54, 1.807) is 11.8 Å². The fourth-order valence-corrected chi connectivity index (χ4v) is 3.36. The first-order valence-corrected chi connectivity index (χ1v) is 9.77. The molecular formula is C19H34BNO6. The smallest absolute Gasteiger partial charge is 0.463 e. The van der Waals surface area contributed by atoms with Crippen molar-refractivity contribution in [1.82, 2.24) is 4.90 Å². The molecule has 7 nitrogen and oxygen atoms in total. The maximum atomic E-state index is 12.5. The Morgan fingerprint density at radius 2 is 1.70 bits per heavy atom. The summed E-state index contributed by atoms with van der Waals surface area (Å²) in [5, 5.41) is 0. The van der Waals surface area contributed by atoms with Gasteiger partial charge in [0.15, 0.2) is 0 Å². The first-order chi connectivity index (χ1) is 12.3. The molecule has 2 unspecified atom stereocenters. The maximum absolute atomic E-state index is 12.5. The normalized spacial score (nSPS) is 27.4. The number of likely N-dealkylation sites (tertiary alicyclic amines) is 1. The van der Waals surface area contributed by atoms with Gasteiger partial charge in [-0.05, 0) is 61.8 Å². The Bertz CT molecular complexity index is 555. The zero-order chi connectivity index (χ0) is 20.6. The Morgan fingerprint density at radius 3 is 2.19 bits per heavy atom. The molecule has 154 valence electrons. The molecule has 8 heteroatoms. The van der Waals surface area contributed by atoms with Gasteiger partial charge in [0.1, 0.15) is 5.60 Å². The molecule has 0 aromatic carbocycles. The highest BCUT2D eigenvalue weighted by Crippen LogP contribution is 2.44. The zero-order valence-electron chi connectivity index (χ0n) is 18.0. The Labute approximate surface area is 163 Å². The molecule has 0 aromatic rings. The van der Waals surface area contributed by atoms with Crippen molar-refractivity contribution in [1.29, 1.82) is 0 Å². The van der Waals surface area contributed by atoms with Crippen LogP contribution < -0.4 is 0 Å². The predicted molar refractivity (Wildman–Crippen MR) is 102 cm³/mol. The van der Waals surface area contributed by atoms with Crippen LogP contribution in [0.2, 0.25) is 5.82 Å². The van der Waals surface area contributed by atoms with Gasteiger partial charge in [0.2, 0.25) is 0 Å². The van der Waals surface area contributed by atoms with Crippen molar-refractivity contribution >= 4 is 19.2 Å². The van der Waals surface area contributed by atoms with Crippen LogP contribution in [0.25, 0.3) is 0 Å². The lowest BCUT2D eigenvalue weighted by Crippen LogP contribution is -2.50. The van der Waals surface area contributed by atoms with Crippen LogP contribution in [0.5, 0.6) is 0 Å². The summed E-state index contributed by atoms with van der Waals surface area (Å²) in [5.41, 5.74) is -1.59. The van der Waals surface area contributed by atoms with Gasteiger partial charge in [0.25, 0.3) is 0 Å². The van der Waals surface area contributed by atoms with E-state index in [0.29, 0.717) is 26.1 Å². The van der Waals surface area contributed by atoms with E-state index >= 15 is 0 Å². The van der Waals surface area contributed by atoms with Gasteiger partial charge in [-0.3, -0.25) is 4.79 Å². The molecule has 0 saturated carbocycles. The van der Waals surface area contributed by atoms with Gasteiger partial charge in [-0.1, -0.05) is 0 Å². The van der Waals surface area contributed by atoms with Crippen LogP contribution in [0.15, 0.2) is 0 Å². The highest BCUT2D eigenvalue weighted by Gasteiger charge is 2.57. The van der Waals surface area contributed by atoms with Crippen LogP contribution in [-0.2, 0) is 23.6 Å². The van der Waals surface area contributed by atoms with Gasteiger partial charge in [0.05, 0.1) is 23.7 Å². The van der Waals surface area contributed by atoms with E-state index in [-0.39, 0.29) is 23.8 Å². The second-order valence-electron chi connectivity index (χ2n) is 9.36. The molecule has 1 amide bonds. The average Bonchev–Trinajstić information content (AvgIpc) is 2.73. The summed E-state index contributed by atoms with van der Waals surface area (Å²) in [4.78, 5) is 26.7. The highest BCUT2D eigenvalue weighted by atomic mass is 16.7. The number of carbonyl (C=O) groups excluding carboxylic acids is 2. The van der Waals surface area contributed by atoms with Crippen molar-refractivity contribution in [2.45, 2.75) is 84.4 Å². The van der Waals surface area contributed by atoms with Crippen molar-refractivity contribution in [3.8, 4) is 0 Å². The highest BCUT2D eigenvalue weighted by molar-refractivity contribution is 6.48. The summed E-state index contributed by atoms with van der Waals surface area (Å²) >= 11 is 0. The fraction of sp³-hybridized carbons (Fsp3) is 0.895. The summed E-state index contributed by atoms with van der Waals surface area (Å²) in [6.07, 6.45) is 0.110. The minimum atomic E-state index is -0.588. The predicted octanol–water partition coefficient (Wildman–Crippen LogP) is 3.27. The molecule has 2 heterocycles. The van der Waals surface area contributed by atoms with E-state index in [1.165, 1.54) is 0 Å². The van der Waals surface area contributed by atoms with E-state index in [0.717, 1.165) is 0 Å². The molecule has 2 aliphatic heterocycles. The number of piperidine rings is 1. The van der Waals surface area contributed by atoms with E-state index in [2.05, 4.69) is 0 Å². The molecule has 2 atom stereocenters. The average molecular weight is 383 g/mol. The van der Waals surface area contributed by atoms with Gasteiger partial charge in [-0.2, -0.15) is 0 Å². The van der Waals surface area contributed by atoms with Gasteiger partial charge in [-0.25, -0.2) is 4.79 Å². The molecule has 0 spiro atoms. The van der Waals surface area contributed by atoms with Crippen LogP contribution in [0, 0.1) is 5.92 Å².